The lowest BCUT2D eigenvalue weighted by Gasteiger charge is -2.23. The number of hydrogen-bond acceptors (Lipinski definition) is 3. The van der Waals surface area contributed by atoms with E-state index < -0.39 is 12.0 Å². The second kappa shape index (κ2) is 3.81. The predicted molar refractivity (Wildman–Crippen MR) is 60.1 cm³/mol. The number of Topliss-reactive ketones (excluding diaryl/α,β-unsaturated/α-hetero) is 1. The van der Waals surface area contributed by atoms with Gasteiger partial charge in [-0.25, -0.2) is 4.79 Å². The van der Waals surface area contributed by atoms with Gasteiger partial charge in [0.2, 0.25) is 0 Å². The molecule has 2 N–H and O–H groups in total. The average Bonchev–Trinajstić information content (AvgIpc) is 2.27. The van der Waals surface area contributed by atoms with E-state index in [-0.39, 0.29) is 11.4 Å². The summed E-state index contributed by atoms with van der Waals surface area (Å²) in [5.74, 6) is -1.27. The van der Waals surface area contributed by atoms with Crippen LogP contribution in [0.1, 0.15) is 12.5 Å². The first-order chi connectivity index (χ1) is 7.59. The fourth-order valence-electron chi connectivity index (χ4n) is 1.74. The van der Waals surface area contributed by atoms with E-state index in [9.17, 15) is 9.59 Å². The number of nitrogens with one attached hydrogen (secondary N) is 1. The molecular formula is C12H11NO3. The van der Waals surface area contributed by atoms with Crippen LogP contribution in [0.5, 0.6) is 0 Å². The largest absolute Gasteiger partial charge is 0.479 e. The lowest BCUT2D eigenvalue weighted by molar-refractivity contribution is -0.137. The van der Waals surface area contributed by atoms with E-state index in [1.54, 1.807) is 12.1 Å². The topological polar surface area (TPSA) is 66.4 Å². The summed E-state index contributed by atoms with van der Waals surface area (Å²) in [5, 5.41) is 11.9. The van der Waals surface area contributed by atoms with E-state index in [1.807, 2.05) is 18.2 Å². The van der Waals surface area contributed by atoms with Gasteiger partial charge in [-0.2, -0.15) is 0 Å². The fraction of sp³-hybridized carbons (Fsp3) is 0.167. The third-order valence-electron chi connectivity index (χ3n) is 2.54. The number of aliphatic carboxylic acids is 1. The van der Waals surface area contributed by atoms with Crippen molar-refractivity contribution in [3.63, 3.8) is 0 Å². The normalized spacial score (nSPS) is 18.1. The lowest BCUT2D eigenvalue weighted by atomic mass is 9.95. The first-order valence-corrected chi connectivity index (χ1v) is 4.90. The van der Waals surface area contributed by atoms with E-state index in [2.05, 4.69) is 5.32 Å². The number of hydrogen-bond donors (Lipinski definition) is 2. The standard InChI is InChI=1S/C12H11NO3/c1-7(14)9-6-8-4-2-3-5-10(8)13-11(9)12(15)16/h2-6,11,13H,1H3,(H,15,16). The first-order valence-electron chi connectivity index (χ1n) is 4.90. The second-order valence-electron chi connectivity index (χ2n) is 3.66. The van der Waals surface area contributed by atoms with E-state index >= 15 is 0 Å². The summed E-state index contributed by atoms with van der Waals surface area (Å²) in [6.07, 6.45) is 1.63. The lowest BCUT2D eigenvalue weighted by Crippen LogP contribution is -2.35. The smallest absolute Gasteiger partial charge is 0.330 e. The van der Waals surface area contributed by atoms with Crippen LogP contribution in [-0.2, 0) is 9.59 Å². The van der Waals surface area contributed by atoms with Crippen molar-refractivity contribution < 1.29 is 14.7 Å². The Kier molecular flexibility index (Phi) is 2.48. The summed E-state index contributed by atoms with van der Waals surface area (Å²) in [5.41, 5.74) is 1.86. The molecule has 1 heterocycles. The molecule has 1 aromatic carbocycles. The van der Waals surface area contributed by atoms with Crippen LogP contribution in [0.4, 0.5) is 5.69 Å². The maximum Gasteiger partial charge on any atom is 0.330 e. The molecule has 0 saturated heterocycles. The summed E-state index contributed by atoms with van der Waals surface area (Å²) >= 11 is 0. The minimum atomic E-state index is -1.05. The number of benzene rings is 1. The Labute approximate surface area is 92.6 Å². The number of ketones is 1. The molecule has 0 amide bonds. The number of rotatable bonds is 2. The molecule has 0 bridgehead atoms. The van der Waals surface area contributed by atoms with Crippen LogP contribution in [0.25, 0.3) is 6.08 Å². The maximum atomic E-state index is 11.4. The number of carbonyl (C=O) groups excluding carboxylic acids is 1. The van der Waals surface area contributed by atoms with Crippen molar-refractivity contribution in [1.82, 2.24) is 0 Å². The molecule has 1 unspecified atom stereocenters. The predicted octanol–water partition coefficient (Wildman–Crippen LogP) is 1.54. The van der Waals surface area contributed by atoms with E-state index in [1.165, 1.54) is 6.92 Å². The van der Waals surface area contributed by atoms with Gasteiger partial charge in [0.25, 0.3) is 0 Å². The minimum absolute atomic E-state index is 0.227. The maximum absolute atomic E-state index is 11.4. The van der Waals surface area contributed by atoms with Crippen molar-refractivity contribution in [3.8, 4) is 0 Å². The Bertz CT molecular complexity index is 491. The van der Waals surface area contributed by atoms with Gasteiger partial charge in [0.05, 0.1) is 0 Å². The Morgan fingerprint density at radius 3 is 2.62 bits per heavy atom. The van der Waals surface area contributed by atoms with Crippen LogP contribution < -0.4 is 5.32 Å². The minimum Gasteiger partial charge on any atom is -0.479 e. The Balaban J connectivity index is 2.51. The Hall–Kier alpha value is -2.10. The number of anilines is 1. The van der Waals surface area contributed by atoms with Gasteiger partial charge in [0.1, 0.15) is 0 Å². The molecule has 0 spiro atoms. The second-order valence-corrected chi connectivity index (χ2v) is 3.66. The summed E-state index contributed by atoms with van der Waals surface area (Å²) in [7, 11) is 0. The molecule has 0 fully saturated rings. The van der Waals surface area contributed by atoms with Crippen molar-refractivity contribution in [2.24, 2.45) is 0 Å². The van der Waals surface area contributed by atoms with Gasteiger partial charge in [-0.05, 0) is 24.6 Å². The van der Waals surface area contributed by atoms with Crippen molar-refractivity contribution in [1.29, 1.82) is 0 Å². The number of fused-ring (bicyclic) bond motifs is 1. The molecule has 4 heteroatoms. The third-order valence-corrected chi connectivity index (χ3v) is 2.54. The number of carboxylic acids is 1. The number of carbonyl (C=O) groups is 2. The average molecular weight is 217 g/mol. The van der Waals surface area contributed by atoms with E-state index in [0.717, 1.165) is 11.3 Å². The van der Waals surface area contributed by atoms with Crippen molar-refractivity contribution in [2.75, 3.05) is 5.32 Å². The Morgan fingerprint density at radius 1 is 1.31 bits per heavy atom. The van der Waals surface area contributed by atoms with Gasteiger partial charge in [-0.15, -0.1) is 0 Å². The summed E-state index contributed by atoms with van der Waals surface area (Å²) in [6, 6.07) is 6.34. The molecule has 0 aromatic heterocycles. The molecule has 0 aliphatic carbocycles. The molecule has 2 rings (SSSR count). The van der Waals surface area contributed by atoms with Crippen LogP contribution in [0.15, 0.2) is 29.8 Å². The van der Waals surface area contributed by atoms with Gasteiger partial charge < -0.3 is 10.4 Å². The Morgan fingerprint density at radius 2 is 2.00 bits per heavy atom. The fourth-order valence-corrected chi connectivity index (χ4v) is 1.74. The van der Waals surface area contributed by atoms with Gasteiger partial charge >= 0.3 is 5.97 Å². The highest BCUT2D eigenvalue weighted by atomic mass is 16.4. The molecule has 16 heavy (non-hydrogen) atoms. The third kappa shape index (κ3) is 1.69. The van der Waals surface area contributed by atoms with Gasteiger partial charge in [-0.3, -0.25) is 4.79 Å². The molecule has 0 radical (unpaired) electrons. The van der Waals surface area contributed by atoms with E-state index in [0.29, 0.717) is 0 Å². The van der Waals surface area contributed by atoms with Crippen molar-refractivity contribution >= 4 is 23.5 Å². The van der Waals surface area contributed by atoms with Crippen LogP contribution in [0, 0.1) is 0 Å². The molecule has 0 saturated carbocycles. The number of carboxylic acid groups (broad SMARTS) is 1. The van der Waals surface area contributed by atoms with Gasteiger partial charge in [0.15, 0.2) is 11.8 Å². The summed E-state index contributed by atoms with van der Waals surface area (Å²) in [4.78, 5) is 22.4. The molecule has 1 atom stereocenters. The molecular weight excluding hydrogens is 206 g/mol. The molecule has 1 aromatic rings. The zero-order valence-electron chi connectivity index (χ0n) is 8.73. The first kappa shape index (κ1) is 10.4. The highest BCUT2D eigenvalue weighted by Crippen LogP contribution is 2.27. The zero-order chi connectivity index (χ0) is 11.7. The molecule has 1 aliphatic heterocycles. The SMILES string of the molecule is CC(=O)C1=Cc2ccccc2NC1C(=O)O. The quantitative estimate of drug-likeness (QED) is 0.788. The summed E-state index contributed by atoms with van der Waals surface area (Å²) < 4.78 is 0. The van der Waals surface area contributed by atoms with Crippen molar-refractivity contribution in [2.45, 2.75) is 13.0 Å². The summed E-state index contributed by atoms with van der Waals surface area (Å²) in [6.45, 7) is 1.37. The zero-order valence-corrected chi connectivity index (χ0v) is 8.73. The van der Waals surface area contributed by atoms with Gasteiger partial charge in [0, 0.05) is 11.3 Å². The highest BCUT2D eigenvalue weighted by Gasteiger charge is 2.28. The van der Waals surface area contributed by atoms with E-state index in [4.69, 9.17) is 5.11 Å². The number of para-hydroxylation sites is 1. The van der Waals surface area contributed by atoms with Crippen molar-refractivity contribution in [3.05, 3.63) is 35.4 Å². The van der Waals surface area contributed by atoms with Crippen LogP contribution in [0.2, 0.25) is 0 Å². The van der Waals surface area contributed by atoms with Crippen LogP contribution in [-0.4, -0.2) is 22.9 Å². The van der Waals surface area contributed by atoms with Gasteiger partial charge in [-0.1, -0.05) is 18.2 Å². The van der Waals surface area contributed by atoms with Crippen LogP contribution in [0.3, 0.4) is 0 Å². The monoisotopic (exact) mass is 217 g/mol. The molecule has 4 nitrogen and oxygen atoms in total. The van der Waals surface area contributed by atoms with Crippen LogP contribution >= 0.6 is 0 Å². The molecule has 1 aliphatic rings. The molecule has 82 valence electrons. The highest BCUT2D eigenvalue weighted by molar-refractivity contribution is 6.07.